The highest BCUT2D eigenvalue weighted by Gasteiger charge is 2.33. The average Bonchev–Trinajstić information content (AvgIpc) is 3.33. The Morgan fingerprint density at radius 3 is 2.62 bits per heavy atom. The first-order valence-electron chi connectivity index (χ1n) is 13.7. The van der Waals surface area contributed by atoms with Crippen molar-refractivity contribution in [2.24, 2.45) is 5.92 Å². The van der Waals surface area contributed by atoms with Crippen LogP contribution in [-0.2, 0) is 32.6 Å². The number of rotatable bonds is 9. The smallest absolute Gasteiger partial charge is 0.293 e. The summed E-state index contributed by atoms with van der Waals surface area (Å²) in [6, 6.07) is 5.97. The molecule has 1 unspecified atom stereocenters. The molecule has 12 heteroatoms. The molecule has 2 aliphatic heterocycles. The van der Waals surface area contributed by atoms with E-state index in [0.29, 0.717) is 48.5 Å². The largest absolute Gasteiger partial charge is 0.396 e. The second-order valence-electron chi connectivity index (χ2n) is 10.5. The van der Waals surface area contributed by atoms with E-state index in [0.717, 1.165) is 31.2 Å². The third-order valence-electron chi connectivity index (χ3n) is 7.61. The summed E-state index contributed by atoms with van der Waals surface area (Å²) < 4.78 is 50.3. The van der Waals surface area contributed by atoms with E-state index in [1.54, 1.807) is 22.9 Å². The van der Waals surface area contributed by atoms with Gasteiger partial charge in [-0.1, -0.05) is 19.1 Å². The number of hydrogen-bond acceptors (Lipinski definition) is 7. The maximum Gasteiger partial charge on any atom is 0.293 e. The number of pyridine rings is 1. The molecule has 0 radical (unpaired) electrons. The number of hydrogen-bond donors (Lipinski definition) is 2. The van der Waals surface area contributed by atoms with Crippen LogP contribution >= 0.6 is 0 Å². The zero-order chi connectivity index (χ0) is 28.3. The molecule has 0 spiro atoms. The van der Waals surface area contributed by atoms with Gasteiger partial charge < -0.3 is 14.4 Å². The van der Waals surface area contributed by atoms with Crippen LogP contribution in [0, 0.1) is 11.7 Å². The monoisotopic (exact) mass is 574 g/mol. The lowest BCUT2D eigenvalue weighted by molar-refractivity contribution is -0.186. The van der Waals surface area contributed by atoms with Crippen LogP contribution in [-0.4, -0.2) is 65.9 Å². The van der Waals surface area contributed by atoms with Crippen LogP contribution in [0.2, 0.25) is 0 Å². The van der Waals surface area contributed by atoms with Gasteiger partial charge in [0, 0.05) is 50.9 Å². The predicted octanol–water partition coefficient (Wildman–Crippen LogP) is 3.37. The van der Waals surface area contributed by atoms with Crippen LogP contribution in [0.15, 0.2) is 41.6 Å². The highest BCUT2D eigenvalue weighted by molar-refractivity contribution is 7.89. The van der Waals surface area contributed by atoms with Gasteiger partial charge in [0.25, 0.3) is 5.91 Å². The number of aliphatic hydroxyl groups excluding tert-OH is 1. The highest BCUT2D eigenvalue weighted by atomic mass is 32.2. The number of carbonyl (C=O) groups is 1. The number of benzene rings is 1. The van der Waals surface area contributed by atoms with Crippen LogP contribution in [0.1, 0.15) is 60.6 Å². The molecular formula is C28H35FN4O6S. The van der Waals surface area contributed by atoms with Crippen LogP contribution in [0.4, 0.5) is 4.39 Å². The Balaban J connectivity index is 1.58. The van der Waals surface area contributed by atoms with Gasteiger partial charge in [0.15, 0.2) is 6.29 Å². The van der Waals surface area contributed by atoms with Gasteiger partial charge in [0.2, 0.25) is 10.0 Å². The van der Waals surface area contributed by atoms with Crippen molar-refractivity contribution in [2.75, 3.05) is 26.3 Å². The quantitative estimate of drug-likeness (QED) is 0.376. The van der Waals surface area contributed by atoms with Crippen molar-refractivity contribution in [3.05, 3.63) is 59.3 Å². The second kappa shape index (κ2) is 12.3. The van der Waals surface area contributed by atoms with Crippen LogP contribution in [0.25, 0.3) is 10.9 Å². The first-order chi connectivity index (χ1) is 19.3. The summed E-state index contributed by atoms with van der Waals surface area (Å²) >= 11 is 0. The summed E-state index contributed by atoms with van der Waals surface area (Å²) in [5, 5.41) is 10.3. The van der Waals surface area contributed by atoms with E-state index in [9.17, 15) is 22.7 Å². The molecule has 0 bridgehead atoms. The topological polar surface area (TPSA) is 123 Å². The van der Waals surface area contributed by atoms with Crippen molar-refractivity contribution in [1.82, 2.24) is 19.3 Å². The van der Waals surface area contributed by atoms with Gasteiger partial charge in [0.1, 0.15) is 16.4 Å². The van der Waals surface area contributed by atoms with E-state index >= 15 is 0 Å². The van der Waals surface area contributed by atoms with E-state index in [4.69, 9.17) is 9.57 Å². The molecule has 0 saturated carbocycles. The molecule has 2 saturated heterocycles. The first-order valence-corrected chi connectivity index (χ1v) is 15.2. The van der Waals surface area contributed by atoms with Gasteiger partial charge in [-0.25, -0.2) is 28.1 Å². The normalized spacial score (nSPS) is 19.2. The SMILES string of the molecule is CC1CCN(S(=O)(=O)c2cn(Cc3ccc(F)cc3)c3cnc(C(=O)NOC4CCCCO4)c(CCO)c23)CC1. The Hall–Kier alpha value is -2.90. The van der Waals surface area contributed by atoms with Crippen LogP contribution in [0.5, 0.6) is 0 Å². The van der Waals surface area contributed by atoms with Gasteiger partial charge in [-0.15, -0.1) is 0 Å². The molecule has 3 aromatic rings. The number of carbonyl (C=O) groups excluding carboxylic acids is 1. The molecule has 10 nitrogen and oxygen atoms in total. The van der Waals surface area contributed by atoms with Crippen molar-refractivity contribution in [3.8, 4) is 0 Å². The van der Waals surface area contributed by atoms with E-state index < -0.39 is 22.2 Å². The molecule has 2 aromatic heterocycles. The lowest BCUT2D eigenvalue weighted by Crippen LogP contribution is -2.38. The molecule has 40 heavy (non-hydrogen) atoms. The predicted molar refractivity (Wildman–Crippen MR) is 145 cm³/mol. The molecule has 0 aliphatic carbocycles. The highest BCUT2D eigenvalue weighted by Crippen LogP contribution is 2.34. The third-order valence-corrected chi connectivity index (χ3v) is 9.52. The molecule has 216 valence electrons. The van der Waals surface area contributed by atoms with Crippen molar-refractivity contribution in [1.29, 1.82) is 0 Å². The number of nitrogens with one attached hydrogen (secondary N) is 1. The number of aromatic nitrogens is 2. The summed E-state index contributed by atoms with van der Waals surface area (Å²) in [6.45, 7) is 3.39. The molecule has 2 fully saturated rings. The Kier molecular flexibility index (Phi) is 8.81. The third kappa shape index (κ3) is 6.06. The Bertz CT molecular complexity index is 1450. The lowest BCUT2D eigenvalue weighted by Gasteiger charge is -2.29. The molecule has 1 aromatic carbocycles. The Morgan fingerprint density at radius 2 is 1.95 bits per heavy atom. The maximum absolute atomic E-state index is 14.0. The molecule has 2 N–H and O–H groups in total. The average molecular weight is 575 g/mol. The minimum atomic E-state index is -3.94. The number of fused-ring (bicyclic) bond motifs is 1. The van der Waals surface area contributed by atoms with Gasteiger partial charge in [-0.3, -0.25) is 4.79 Å². The molecule has 1 amide bonds. The first kappa shape index (κ1) is 28.6. The summed E-state index contributed by atoms with van der Waals surface area (Å²) in [6.07, 6.45) is 6.44. The van der Waals surface area contributed by atoms with Gasteiger partial charge >= 0.3 is 0 Å². The summed E-state index contributed by atoms with van der Waals surface area (Å²) in [4.78, 5) is 23.1. The Labute approximate surface area is 233 Å². The fraction of sp³-hybridized carbons (Fsp3) is 0.500. The lowest BCUT2D eigenvalue weighted by atomic mass is 10.0. The number of aliphatic hydroxyl groups is 1. The standard InChI is InChI=1S/C28H35FN4O6S/c1-19-9-12-33(13-10-19)40(36,37)24-18-32(17-20-5-7-21(29)8-6-20)23-16-30-27(22(11-14-34)26(23)24)28(35)31-39-25-4-2-3-15-38-25/h5-8,16,18-19,25,34H,2-4,9-15,17H2,1H3,(H,31,35). The fourth-order valence-corrected chi connectivity index (χ4v) is 7.03. The number of hydroxylamine groups is 1. The van der Waals surface area contributed by atoms with E-state index in [2.05, 4.69) is 17.4 Å². The zero-order valence-corrected chi connectivity index (χ0v) is 23.3. The van der Waals surface area contributed by atoms with Crippen molar-refractivity contribution >= 4 is 26.8 Å². The molecule has 4 heterocycles. The Morgan fingerprint density at radius 1 is 1.20 bits per heavy atom. The molecule has 5 rings (SSSR count). The number of nitrogens with zero attached hydrogens (tertiary/aromatic N) is 3. The minimum absolute atomic E-state index is 0.00708. The van der Waals surface area contributed by atoms with E-state index in [-0.39, 0.29) is 36.0 Å². The van der Waals surface area contributed by atoms with Gasteiger partial charge in [0.05, 0.1) is 11.7 Å². The second-order valence-corrected chi connectivity index (χ2v) is 12.4. The van der Waals surface area contributed by atoms with Gasteiger partial charge in [-0.2, -0.15) is 4.31 Å². The number of amides is 1. The van der Waals surface area contributed by atoms with Crippen molar-refractivity contribution in [3.63, 3.8) is 0 Å². The van der Waals surface area contributed by atoms with Crippen molar-refractivity contribution < 1.29 is 32.3 Å². The number of ether oxygens (including phenoxy) is 1. The molecular weight excluding hydrogens is 539 g/mol. The number of sulfonamides is 1. The summed E-state index contributed by atoms with van der Waals surface area (Å²) in [7, 11) is -3.94. The maximum atomic E-state index is 14.0. The zero-order valence-electron chi connectivity index (χ0n) is 22.5. The van der Waals surface area contributed by atoms with E-state index in [1.807, 2.05) is 0 Å². The van der Waals surface area contributed by atoms with E-state index in [1.165, 1.54) is 22.6 Å². The minimum Gasteiger partial charge on any atom is -0.396 e. The number of halogens is 1. The van der Waals surface area contributed by atoms with Crippen LogP contribution in [0.3, 0.4) is 0 Å². The van der Waals surface area contributed by atoms with Gasteiger partial charge in [-0.05, 0) is 61.3 Å². The molecule has 2 aliphatic rings. The molecule has 1 atom stereocenters. The fourth-order valence-electron chi connectivity index (χ4n) is 5.31. The number of piperidine rings is 1. The van der Waals surface area contributed by atoms with Crippen LogP contribution < -0.4 is 5.48 Å². The summed E-state index contributed by atoms with van der Waals surface area (Å²) in [5.41, 5.74) is 3.94. The van der Waals surface area contributed by atoms with Crippen molar-refractivity contribution in [2.45, 2.75) is 63.2 Å². The summed E-state index contributed by atoms with van der Waals surface area (Å²) in [5.74, 6) is -0.586.